The lowest BCUT2D eigenvalue weighted by Gasteiger charge is -2.38. The van der Waals surface area contributed by atoms with Crippen LogP contribution in [0.4, 0.5) is 0 Å². The number of rotatable bonds is 2. The van der Waals surface area contributed by atoms with Crippen LogP contribution >= 0.6 is 11.3 Å². The summed E-state index contributed by atoms with van der Waals surface area (Å²) in [5.74, 6) is 1.08. The number of carbonyl (C=O) groups is 1. The highest BCUT2D eigenvalue weighted by atomic mass is 32.1. The summed E-state index contributed by atoms with van der Waals surface area (Å²) in [6.45, 7) is 2.73. The molecule has 138 valence electrons. The summed E-state index contributed by atoms with van der Waals surface area (Å²) < 4.78 is 7.02. The van der Waals surface area contributed by atoms with Gasteiger partial charge in [-0.05, 0) is 42.7 Å². The summed E-state index contributed by atoms with van der Waals surface area (Å²) in [6, 6.07) is 12.0. The standard InChI is InChI=1S/C21H21N3O2S/c22-11-14-1-4-18-16(9-14)21(12-26-18)5-7-24(8-6-21)20(25)15-2-3-17-19(10-15)27-13-23-17/h1-4,9-10,13H,5-8,11-12,22H2. The second-order valence-corrected chi connectivity index (χ2v) is 8.32. The van der Waals surface area contributed by atoms with Gasteiger partial charge in [-0.15, -0.1) is 11.3 Å². The molecule has 3 heterocycles. The number of ether oxygens (including phenoxy) is 1. The van der Waals surface area contributed by atoms with Gasteiger partial charge in [-0.25, -0.2) is 4.98 Å². The number of fused-ring (bicyclic) bond motifs is 3. The molecule has 27 heavy (non-hydrogen) atoms. The molecule has 0 aliphatic carbocycles. The van der Waals surface area contributed by atoms with Crippen LogP contribution in [0.1, 0.15) is 34.3 Å². The lowest BCUT2D eigenvalue weighted by atomic mass is 9.74. The molecule has 2 aromatic carbocycles. The van der Waals surface area contributed by atoms with Crippen molar-refractivity contribution < 1.29 is 9.53 Å². The zero-order valence-corrected chi connectivity index (χ0v) is 15.8. The fourth-order valence-electron chi connectivity index (χ4n) is 4.26. The largest absolute Gasteiger partial charge is 0.492 e. The number of benzene rings is 2. The first-order chi connectivity index (χ1) is 13.2. The van der Waals surface area contributed by atoms with E-state index in [9.17, 15) is 4.79 Å². The normalized spacial score (nSPS) is 17.9. The Kier molecular flexibility index (Phi) is 3.91. The van der Waals surface area contributed by atoms with Gasteiger partial charge in [0.05, 0.1) is 22.3 Å². The summed E-state index contributed by atoms with van der Waals surface area (Å²) in [4.78, 5) is 19.2. The molecule has 6 heteroatoms. The quantitative estimate of drug-likeness (QED) is 0.742. The highest BCUT2D eigenvalue weighted by molar-refractivity contribution is 7.16. The summed E-state index contributed by atoms with van der Waals surface area (Å²) in [5, 5.41) is 0. The number of aromatic nitrogens is 1. The van der Waals surface area contributed by atoms with Crippen LogP contribution in [-0.4, -0.2) is 35.5 Å². The minimum atomic E-state index is 0.0128. The number of piperidine rings is 1. The van der Waals surface area contributed by atoms with Crippen molar-refractivity contribution >= 4 is 27.5 Å². The van der Waals surface area contributed by atoms with Crippen molar-refractivity contribution in [3.63, 3.8) is 0 Å². The summed E-state index contributed by atoms with van der Waals surface area (Å²) >= 11 is 1.57. The Hall–Kier alpha value is -2.44. The number of carbonyl (C=O) groups excluding carboxylic acids is 1. The SMILES string of the molecule is NCc1ccc2c(c1)C1(CCN(C(=O)c3ccc4ncsc4c3)CC1)CO2. The van der Waals surface area contributed by atoms with Crippen LogP contribution in [0.25, 0.3) is 10.2 Å². The van der Waals surface area contributed by atoms with E-state index in [0.717, 1.165) is 53.0 Å². The molecule has 0 radical (unpaired) electrons. The van der Waals surface area contributed by atoms with E-state index in [4.69, 9.17) is 10.5 Å². The van der Waals surface area contributed by atoms with Crippen LogP contribution < -0.4 is 10.5 Å². The molecule has 5 rings (SSSR count). The van der Waals surface area contributed by atoms with E-state index >= 15 is 0 Å². The number of hydrogen-bond acceptors (Lipinski definition) is 5. The highest BCUT2D eigenvalue weighted by Crippen LogP contribution is 2.46. The van der Waals surface area contributed by atoms with E-state index in [-0.39, 0.29) is 11.3 Å². The van der Waals surface area contributed by atoms with E-state index in [1.54, 1.807) is 11.3 Å². The minimum absolute atomic E-state index is 0.0128. The lowest BCUT2D eigenvalue weighted by Crippen LogP contribution is -2.46. The van der Waals surface area contributed by atoms with Crippen LogP contribution in [0, 0.1) is 0 Å². The van der Waals surface area contributed by atoms with E-state index < -0.39 is 0 Å². The maximum atomic E-state index is 13.0. The zero-order valence-electron chi connectivity index (χ0n) is 15.0. The second-order valence-electron chi connectivity index (χ2n) is 7.43. The molecule has 0 unspecified atom stereocenters. The van der Waals surface area contributed by atoms with Crippen molar-refractivity contribution in [1.29, 1.82) is 0 Å². The first kappa shape index (κ1) is 16.7. The predicted molar refractivity (Wildman–Crippen MR) is 106 cm³/mol. The maximum Gasteiger partial charge on any atom is 0.253 e. The fourth-order valence-corrected chi connectivity index (χ4v) is 4.98. The third-order valence-electron chi connectivity index (χ3n) is 5.94. The Labute approximate surface area is 161 Å². The third kappa shape index (κ3) is 2.71. The van der Waals surface area contributed by atoms with Gasteiger partial charge in [0.25, 0.3) is 5.91 Å². The number of nitrogens with zero attached hydrogens (tertiary/aromatic N) is 2. The van der Waals surface area contributed by atoms with Gasteiger partial charge in [0, 0.05) is 36.2 Å². The van der Waals surface area contributed by atoms with Gasteiger partial charge in [-0.3, -0.25) is 4.79 Å². The minimum Gasteiger partial charge on any atom is -0.492 e. The molecule has 3 aromatic rings. The highest BCUT2D eigenvalue weighted by Gasteiger charge is 2.43. The van der Waals surface area contributed by atoms with Gasteiger partial charge in [0.2, 0.25) is 0 Å². The van der Waals surface area contributed by atoms with Gasteiger partial charge in [-0.2, -0.15) is 0 Å². The van der Waals surface area contributed by atoms with Crippen LogP contribution in [0.15, 0.2) is 41.9 Å². The molecule has 2 aliphatic heterocycles. The molecule has 1 saturated heterocycles. The van der Waals surface area contributed by atoms with Gasteiger partial charge in [0.1, 0.15) is 5.75 Å². The monoisotopic (exact) mass is 379 g/mol. The Morgan fingerprint density at radius 2 is 2.07 bits per heavy atom. The van der Waals surface area contributed by atoms with Crippen molar-refractivity contribution in [1.82, 2.24) is 9.88 Å². The lowest BCUT2D eigenvalue weighted by molar-refractivity contribution is 0.0647. The van der Waals surface area contributed by atoms with Crippen molar-refractivity contribution in [2.45, 2.75) is 24.8 Å². The first-order valence-corrected chi connectivity index (χ1v) is 10.2. The summed E-state index contributed by atoms with van der Waals surface area (Å²) in [5.41, 5.74) is 11.7. The first-order valence-electron chi connectivity index (χ1n) is 9.27. The number of amides is 1. The van der Waals surface area contributed by atoms with E-state index in [0.29, 0.717) is 13.2 Å². The molecular formula is C21H21N3O2S. The van der Waals surface area contributed by atoms with Crippen molar-refractivity contribution in [2.24, 2.45) is 5.73 Å². The number of hydrogen-bond donors (Lipinski definition) is 1. The van der Waals surface area contributed by atoms with E-state index in [2.05, 4.69) is 11.1 Å². The smallest absolute Gasteiger partial charge is 0.253 e. The summed E-state index contributed by atoms with van der Waals surface area (Å²) in [6.07, 6.45) is 1.84. The maximum absolute atomic E-state index is 13.0. The molecule has 0 atom stereocenters. The molecule has 1 spiro atoms. The molecule has 1 fully saturated rings. The molecule has 2 N–H and O–H groups in total. The molecule has 0 bridgehead atoms. The van der Waals surface area contributed by atoms with Crippen LogP contribution in [0.5, 0.6) is 5.75 Å². The summed E-state index contributed by atoms with van der Waals surface area (Å²) in [7, 11) is 0. The number of thiazole rings is 1. The van der Waals surface area contributed by atoms with Crippen LogP contribution in [-0.2, 0) is 12.0 Å². The van der Waals surface area contributed by atoms with Gasteiger partial charge in [0.15, 0.2) is 0 Å². The Bertz CT molecular complexity index is 1020. The molecule has 0 saturated carbocycles. The van der Waals surface area contributed by atoms with Gasteiger partial charge < -0.3 is 15.4 Å². The molecule has 1 aromatic heterocycles. The topological polar surface area (TPSA) is 68.5 Å². The fraction of sp³-hybridized carbons (Fsp3) is 0.333. The predicted octanol–water partition coefficient (Wildman–Crippen LogP) is 3.32. The number of nitrogens with two attached hydrogens (primary N) is 1. The zero-order chi connectivity index (χ0) is 18.4. The molecular weight excluding hydrogens is 358 g/mol. The Morgan fingerprint density at radius 1 is 1.22 bits per heavy atom. The van der Waals surface area contributed by atoms with Crippen molar-refractivity contribution in [3.8, 4) is 5.75 Å². The number of likely N-dealkylation sites (tertiary alicyclic amines) is 1. The second kappa shape index (κ2) is 6.32. The molecule has 1 amide bonds. The Morgan fingerprint density at radius 3 is 2.89 bits per heavy atom. The molecule has 5 nitrogen and oxygen atoms in total. The molecule has 2 aliphatic rings. The van der Waals surface area contributed by atoms with Crippen LogP contribution in [0.3, 0.4) is 0 Å². The van der Waals surface area contributed by atoms with Crippen molar-refractivity contribution in [3.05, 3.63) is 58.6 Å². The van der Waals surface area contributed by atoms with Gasteiger partial charge in [-0.1, -0.05) is 12.1 Å². The van der Waals surface area contributed by atoms with E-state index in [1.807, 2.05) is 40.7 Å². The average Bonchev–Trinajstić information content (AvgIpc) is 3.32. The third-order valence-corrected chi connectivity index (χ3v) is 6.73. The van der Waals surface area contributed by atoms with Gasteiger partial charge >= 0.3 is 0 Å². The average molecular weight is 379 g/mol. The Balaban J connectivity index is 1.35. The van der Waals surface area contributed by atoms with Crippen LogP contribution in [0.2, 0.25) is 0 Å². The van der Waals surface area contributed by atoms with E-state index in [1.165, 1.54) is 5.56 Å². The van der Waals surface area contributed by atoms with Crippen molar-refractivity contribution in [2.75, 3.05) is 19.7 Å².